The van der Waals surface area contributed by atoms with Crippen molar-refractivity contribution in [1.29, 1.82) is 0 Å². The second kappa shape index (κ2) is 8.71. The van der Waals surface area contributed by atoms with E-state index >= 15 is 0 Å². The molecule has 0 heterocycles. The van der Waals surface area contributed by atoms with Crippen LogP contribution in [0.2, 0.25) is 0 Å². The summed E-state index contributed by atoms with van der Waals surface area (Å²) in [6, 6.07) is 13.0. The fraction of sp³-hybridized carbons (Fsp3) is 0.364. The van der Waals surface area contributed by atoms with E-state index < -0.39 is 0 Å². The molecule has 5 nitrogen and oxygen atoms in total. The van der Waals surface area contributed by atoms with Gasteiger partial charge in [-0.05, 0) is 37.1 Å². The zero-order chi connectivity index (χ0) is 19.2. The van der Waals surface area contributed by atoms with Crippen molar-refractivity contribution in [3.63, 3.8) is 0 Å². The molecule has 2 aromatic carbocycles. The highest BCUT2D eigenvalue weighted by Gasteiger charge is 2.23. The minimum Gasteiger partial charge on any atom is -0.507 e. The van der Waals surface area contributed by atoms with Crippen LogP contribution >= 0.6 is 0 Å². The van der Waals surface area contributed by atoms with Crippen LogP contribution in [-0.2, 0) is 0 Å². The number of para-hydroxylation sites is 1. The molecule has 0 aromatic heterocycles. The molecule has 0 unspecified atom stereocenters. The zero-order valence-corrected chi connectivity index (χ0v) is 15.9. The van der Waals surface area contributed by atoms with Gasteiger partial charge in [0.15, 0.2) is 0 Å². The van der Waals surface area contributed by atoms with E-state index in [4.69, 9.17) is 9.98 Å². The number of hydrogen-bond acceptors (Lipinski definition) is 5. The van der Waals surface area contributed by atoms with Crippen molar-refractivity contribution >= 4 is 18.1 Å². The molecular formula is C22H27N3O2. The van der Waals surface area contributed by atoms with Crippen LogP contribution in [-0.4, -0.2) is 48.8 Å². The highest BCUT2D eigenvalue weighted by molar-refractivity contribution is 5.85. The van der Waals surface area contributed by atoms with Crippen molar-refractivity contribution in [3.8, 4) is 11.5 Å². The van der Waals surface area contributed by atoms with Crippen LogP contribution in [0.4, 0.5) is 5.69 Å². The van der Waals surface area contributed by atoms with Gasteiger partial charge in [-0.25, -0.2) is 0 Å². The molecule has 0 bridgehead atoms. The molecule has 0 aliphatic heterocycles. The normalized spacial score (nSPS) is 20.4. The highest BCUT2D eigenvalue weighted by atomic mass is 16.3. The van der Waals surface area contributed by atoms with E-state index in [-0.39, 0.29) is 23.6 Å². The van der Waals surface area contributed by atoms with Gasteiger partial charge in [-0.15, -0.1) is 0 Å². The molecule has 2 N–H and O–H groups in total. The van der Waals surface area contributed by atoms with Crippen LogP contribution in [0.3, 0.4) is 0 Å². The minimum absolute atomic E-state index is 0.0915. The lowest BCUT2D eigenvalue weighted by Gasteiger charge is -2.25. The average molecular weight is 365 g/mol. The summed E-state index contributed by atoms with van der Waals surface area (Å²) in [7, 11) is 3.88. The predicted octanol–water partition coefficient (Wildman–Crippen LogP) is 4.01. The number of aliphatic imine (C=N–C) groups is 2. The zero-order valence-electron chi connectivity index (χ0n) is 15.9. The minimum atomic E-state index is 0.0915. The molecular weight excluding hydrogens is 338 g/mol. The van der Waals surface area contributed by atoms with E-state index in [9.17, 15) is 10.2 Å². The van der Waals surface area contributed by atoms with Gasteiger partial charge in [0.1, 0.15) is 11.5 Å². The lowest BCUT2D eigenvalue weighted by molar-refractivity contribution is 0.390. The largest absolute Gasteiger partial charge is 0.507 e. The summed E-state index contributed by atoms with van der Waals surface area (Å²) in [4.78, 5) is 11.4. The summed E-state index contributed by atoms with van der Waals surface area (Å²) >= 11 is 0. The number of nitrogens with zero attached hydrogens (tertiary/aromatic N) is 3. The highest BCUT2D eigenvalue weighted by Crippen LogP contribution is 2.26. The first kappa shape index (κ1) is 19.0. The maximum absolute atomic E-state index is 10.2. The number of phenols is 2. The molecule has 1 fully saturated rings. The van der Waals surface area contributed by atoms with Gasteiger partial charge in [-0.3, -0.25) is 9.98 Å². The van der Waals surface area contributed by atoms with E-state index in [0.29, 0.717) is 0 Å². The Morgan fingerprint density at radius 1 is 0.852 bits per heavy atom. The molecule has 0 saturated heterocycles. The monoisotopic (exact) mass is 365 g/mol. The van der Waals surface area contributed by atoms with E-state index in [2.05, 4.69) is 0 Å². The summed E-state index contributed by atoms with van der Waals surface area (Å²) in [5.41, 5.74) is 2.39. The van der Waals surface area contributed by atoms with Gasteiger partial charge in [0.2, 0.25) is 0 Å². The molecule has 2 atom stereocenters. The van der Waals surface area contributed by atoms with Crippen molar-refractivity contribution in [2.24, 2.45) is 9.98 Å². The van der Waals surface area contributed by atoms with Gasteiger partial charge < -0.3 is 15.1 Å². The van der Waals surface area contributed by atoms with Gasteiger partial charge in [-0.1, -0.05) is 25.0 Å². The van der Waals surface area contributed by atoms with Crippen LogP contribution in [0.5, 0.6) is 11.5 Å². The summed E-state index contributed by atoms with van der Waals surface area (Å²) in [6.07, 6.45) is 7.74. The van der Waals surface area contributed by atoms with E-state index in [0.717, 1.165) is 42.5 Å². The first-order chi connectivity index (χ1) is 13.0. The molecule has 142 valence electrons. The Morgan fingerprint density at radius 3 is 2.00 bits per heavy atom. The number of aromatic hydroxyl groups is 2. The molecule has 27 heavy (non-hydrogen) atoms. The van der Waals surface area contributed by atoms with Crippen LogP contribution < -0.4 is 4.90 Å². The Kier molecular flexibility index (Phi) is 6.12. The fourth-order valence-corrected chi connectivity index (χ4v) is 3.31. The number of anilines is 1. The maximum Gasteiger partial charge on any atom is 0.126 e. The summed E-state index contributed by atoms with van der Waals surface area (Å²) < 4.78 is 0. The number of benzene rings is 2. The van der Waals surface area contributed by atoms with Gasteiger partial charge in [0.05, 0.1) is 12.1 Å². The first-order valence-electron chi connectivity index (χ1n) is 9.39. The fourth-order valence-electron chi connectivity index (χ4n) is 3.31. The summed E-state index contributed by atoms with van der Waals surface area (Å²) in [6.45, 7) is 0. The van der Waals surface area contributed by atoms with Gasteiger partial charge in [0, 0.05) is 49.4 Å². The maximum atomic E-state index is 10.2. The smallest absolute Gasteiger partial charge is 0.126 e. The lowest BCUT2D eigenvalue weighted by atomic mass is 9.91. The number of phenolic OH excluding ortho intramolecular Hbond substituents is 2. The topological polar surface area (TPSA) is 68.4 Å². The van der Waals surface area contributed by atoms with Crippen LogP contribution in [0.1, 0.15) is 36.8 Å². The Labute approximate surface area is 160 Å². The Morgan fingerprint density at radius 2 is 1.44 bits per heavy atom. The molecule has 0 amide bonds. The van der Waals surface area contributed by atoms with Crippen LogP contribution in [0.15, 0.2) is 52.4 Å². The number of rotatable bonds is 5. The molecule has 3 rings (SSSR count). The van der Waals surface area contributed by atoms with E-state index in [1.807, 2.05) is 43.3 Å². The van der Waals surface area contributed by atoms with Gasteiger partial charge in [-0.2, -0.15) is 0 Å². The molecule has 2 aromatic rings. The van der Waals surface area contributed by atoms with Gasteiger partial charge >= 0.3 is 0 Å². The number of hydrogen-bond donors (Lipinski definition) is 2. The third-order valence-corrected chi connectivity index (χ3v) is 4.97. The van der Waals surface area contributed by atoms with Crippen molar-refractivity contribution in [3.05, 3.63) is 53.6 Å². The quantitative estimate of drug-likeness (QED) is 0.787. The first-order valence-corrected chi connectivity index (χ1v) is 9.39. The lowest BCUT2D eigenvalue weighted by Crippen LogP contribution is -2.27. The Hall–Kier alpha value is -2.82. The van der Waals surface area contributed by atoms with Crippen molar-refractivity contribution in [2.75, 3.05) is 19.0 Å². The van der Waals surface area contributed by atoms with Crippen molar-refractivity contribution in [1.82, 2.24) is 0 Å². The van der Waals surface area contributed by atoms with Crippen LogP contribution in [0, 0.1) is 0 Å². The molecule has 1 aliphatic rings. The molecule has 0 radical (unpaired) electrons. The SMILES string of the molecule is CN(C)c1ccc(C=N[C@H]2CCCC[C@@H]2N=Cc2ccccc2O)c(O)c1. The third-order valence-electron chi connectivity index (χ3n) is 4.97. The second-order valence-corrected chi connectivity index (χ2v) is 7.17. The predicted molar refractivity (Wildman–Crippen MR) is 112 cm³/mol. The Balaban J connectivity index is 1.74. The van der Waals surface area contributed by atoms with Gasteiger partial charge in [0.25, 0.3) is 0 Å². The van der Waals surface area contributed by atoms with E-state index in [1.54, 1.807) is 30.6 Å². The average Bonchev–Trinajstić information content (AvgIpc) is 2.67. The Bertz CT molecular complexity index is 830. The summed E-state index contributed by atoms with van der Waals surface area (Å²) in [5.74, 6) is 0.470. The molecule has 5 heteroatoms. The van der Waals surface area contributed by atoms with Crippen molar-refractivity contribution < 1.29 is 10.2 Å². The van der Waals surface area contributed by atoms with E-state index in [1.165, 1.54) is 0 Å². The third kappa shape index (κ3) is 4.88. The molecule has 0 spiro atoms. The second-order valence-electron chi connectivity index (χ2n) is 7.17. The summed E-state index contributed by atoms with van der Waals surface area (Å²) in [5, 5.41) is 20.1. The molecule has 1 aliphatic carbocycles. The standard InChI is InChI=1S/C22H27N3O2/c1-25(2)18-12-11-17(22(27)13-18)15-24-20-9-5-4-8-19(20)23-14-16-7-3-6-10-21(16)26/h3,6-7,10-15,19-20,26-27H,4-5,8-9H2,1-2H3/t19-,20-/m0/s1. The van der Waals surface area contributed by atoms with Crippen molar-refractivity contribution in [2.45, 2.75) is 37.8 Å². The molecule has 1 saturated carbocycles. The van der Waals surface area contributed by atoms with Crippen LogP contribution in [0.25, 0.3) is 0 Å².